The van der Waals surface area contributed by atoms with Gasteiger partial charge in [0, 0.05) is 42.7 Å². The molecule has 0 atom stereocenters. The molecular formula is C40H23N3OS. The third-order valence-corrected chi connectivity index (χ3v) is 10.3. The van der Waals surface area contributed by atoms with Crippen molar-refractivity contribution in [1.82, 2.24) is 14.1 Å². The van der Waals surface area contributed by atoms with Crippen LogP contribution in [0.4, 0.5) is 0 Å². The van der Waals surface area contributed by atoms with Gasteiger partial charge in [-0.15, -0.1) is 11.3 Å². The van der Waals surface area contributed by atoms with Gasteiger partial charge in [-0.1, -0.05) is 97.1 Å². The van der Waals surface area contributed by atoms with Crippen LogP contribution in [0.2, 0.25) is 0 Å². The zero-order chi connectivity index (χ0) is 29.6. The van der Waals surface area contributed by atoms with E-state index in [9.17, 15) is 4.79 Å². The Kier molecular flexibility index (Phi) is 4.99. The smallest absolute Gasteiger partial charge is 0.263 e. The Balaban J connectivity index is 1.42. The van der Waals surface area contributed by atoms with E-state index >= 15 is 0 Å². The zero-order valence-electron chi connectivity index (χ0n) is 23.9. The number of rotatable bonds is 2. The van der Waals surface area contributed by atoms with E-state index in [-0.39, 0.29) is 5.56 Å². The van der Waals surface area contributed by atoms with E-state index in [1.807, 2.05) is 65.9 Å². The molecule has 0 aliphatic heterocycles. The highest BCUT2D eigenvalue weighted by Crippen LogP contribution is 2.47. The van der Waals surface area contributed by atoms with E-state index in [4.69, 9.17) is 4.98 Å². The topological polar surface area (TPSA) is 39.8 Å². The molecular weight excluding hydrogens is 571 g/mol. The predicted molar refractivity (Wildman–Crippen MR) is 190 cm³/mol. The van der Waals surface area contributed by atoms with Crippen molar-refractivity contribution in [3.8, 4) is 11.5 Å². The van der Waals surface area contributed by atoms with Crippen LogP contribution in [-0.4, -0.2) is 14.1 Å². The third kappa shape index (κ3) is 3.30. The molecule has 45 heavy (non-hydrogen) atoms. The Morgan fingerprint density at radius 3 is 1.91 bits per heavy atom. The van der Waals surface area contributed by atoms with Gasteiger partial charge in [0.25, 0.3) is 5.56 Å². The lowest BCUT2D eigenvalue weighted by Gasteiger charge is -2.15. The van der Waals surface area contributed by atoms with Crippen molar-refractivity contribution >= 4 is 85.9 Å². The summed E-state index contributed by atoms with van der Waals surface area (Å²) in [5.41, 5.74) is 4.63. The highest BCUT2D eigenvalue weighted by atomic mass is 32.1. The number of pyridine rings is 2. The van der Waals surface area contributed by atoms with Crippen LogP contribution in [0.3, 0.4) is 0 Å². The number of hydrogen-bond acceptors (Lipinski definition) is 3. The summed E-state index contributed by atoms with van der Waals surface area (Å²) in [7, 11) is 0. The van der Waals surface area contributed by atoms with Crippen LogP contribution >= 0.6 is 11.3 Å². The molecule has 0 saturated carbocycles. The largest absolute Gasteiger partial charge is 0.292 e. The first kappa shape index (κ1) is 24.6. The van der Waals surface area contributed by atoms with E-state index in [1.165, 1.54) is 47.2 Å². The molecule has 0 fully saturated rings. The molecule has 210 valence electrons. The lowest BCUT2D eigenvalue weighted by Crippen LogP contribution is -2.19. The summed E-state index contributed by atoms with van der Waals surface area (Å²) in [4.78, 5) is 19.3. The second-order valence-corrected chi connectivity index (χ2v) is 12.5. The number of thiophene rings is 1. The molecule has 6 aromatic carbocycles. The van der Waals surface area contributed by atoms with E-state index in [2.05, 4.69) is 89.5 Å². The van der Waals surface area contributed by atoms with Crippen LogP contribution in [0, 0.1) is 0 Å². The van der Waals surface area contributed by atoms with Gasteiger partial charge in [-0.25, -0.2) is 4.98 Å². The fraction of sp³-hybridized carbons (Fsp3) is 0. The maximum Gasteiger partial charge on any atom is 0.263 e. The standard InChI is InChI=1S/C40H23N3OS/c44-40-28-17-7-6-16-27(28)37-32(42(40)24-12-2-1-3-13-24)22-23-34(41-37)43-31-20-10-8-18-29(31)35-25-14-4-5-15-26(25)36-30-19-9-11-21-33(30)45-39(36)38(35)43/h1-23H. The monoisotopic (exact) mass is 593 g/mol. The lowest BCUT2D eigenvalue weighted by molar-refractivity contribution is 1.04. The molecule has 0 aliphatic rings. The molecule has 0 unspecified atom stereocenters. The average molecular weight is 594 g/mol. The number of nitrogens with zero attached hydrogens (tertiary/aromatic N) is 3. The second kappa shape index (κ2) is 9.11. The van der Waals surface area contributed by atoms with Gasteiger partial charge in [0.15, 0.2) is 0 Å². The van der Waals surface area contributed by atoms with Crippen molar-refractivity contribution in [1.29, 1.82) is 0 Å². The Morgan fingerprint density at radius 2 is 1.11 bits per heavy atom. The first-order chi connectivity index (χ1) is 22.3. The van der Waals surface area contributed by atoms with Crippen LogP contribution in [0.15, 0.2) is 144 Å². The SMILES string of the molecule is O=c1c2ccccc2c2nc(-n3c4ccccc4c4c5ccccc5c5c6ccccc6sc5c43)ccc2n1-c1ccccc1. The number of hydrogen-bond donors (Lipinski definition) is 0. The lowest BCUT2D eigenvalue weighted by atomic mass is 9.99. The summed E-state index contributed by atoms with van der Waals surface area (Å²) < 4.78 is 6.65. The van der Waals surface area contributed by atoms with Gasteiger partial charge < -0.3 is 0 Å². The quantitative estimate of drug-likeness (QED) is 0.187. The van der Waals surface area contributed by atoms with E-state index in [1.54, 1.807) is 4.57 Å². The van der Waals surface area contributed by atoms with Crippen molar-refractivity contribution < 1.29 is 0 Å². The van der Waals surface area contributed by atoms with Crippen molar-refractivity contribution in [2.45, 2.75) is 0 Å². The molecule has 5 heteroatoms. The van der Waals surface area contributed by atoms with Gasteiger partial charge in [0.2, 0.25) is 0 Å². The molecule has 0 aliphatic carbocycles. The fourth-order valence-electron chi connectivity index (χ4n) is 7.25. The predicted octanol–water partition coefficient (Wildman–Crippen LogP) is 10.2. The average Bonchev–Trinajstić information content (AvgIpc) is 3.66. The Labute approximate surface area is 260 Å². The van der Waals surface area contributed by atoms with Crippen LogP contribution in [0.25, 0.3) is 86.1 Å². The summed E-state index contributed by atoms with van der Waals surface area (Å²) in [6.07, 6.45) is 0. The molecule has 4 heterocycles. The summed E-state index contributed by atoms with van der Waals surface area (Å²) in [5.74, 6) is 0.825. The molecule has 10 rings (SSSR count). The Morgan fingerprint density at radius 1 is 0.489 bits per heavy atom. The minimum Gasteiger partial charge on any atom is -0.292 e. The molecule has 0 N–H and O–H groups in total. The van der Waals surface area contributed by atoms with Gasteiger partial charge in [-0.3, -0.25) is 13.9 Å². The van der Waals surface area contributed by atoms with Crippen molar-refractivity contribution in [2.75, 3.05) is 0 Å². The van der Waals surface area contributed by atoms with E-state index in [0.717, 1.165) is 33.4 Å². The molecule has 0 radical (unpaired) electrons. The third-order valence-electron chi connectivity index (χ3n) is 9.11. The summed E-state index contributed by atoms with van der Waals surface area (Å²) in [6, 6.07) is 47.9. The second-order valence-electron chi connectivity index (χ2n) is 11.5. The first-order valence-electron chi connectivity index (χ1n) is 15.0. The molecule has 10 aromatic rings. The summed E-state index contributed by atoms with van der Waals surface area (Å²) in [6.45, 7) is 0. The minimum absolute atomic E-state index is 0.0471. The van der Waals surface area contributed by atoms with Crippen LogP contribution in [-0.2, 0) is 0 Å². The highest BCUT2D eigenvalue weighted by molar-refractivity contribution is 7.27. The minimum atomic E-state index is -0.0471. The Hall–Kier alpha value is -5.78. The molecule has 0 saturated heterocycles. The van der Waals surface area contributed by atoms with E-state index in [0.29, 0.717) is 5.39 Å². The van der Waals surface area contributed by atoms with E-state index < -0.39 is 0 Å². The van der Waals surface area contributed by atoms with Crippen molar-refractivity contribution in [3.63, 3.8) is 0 Å². The normalized spacial score (nSPS) is 12.1. The highest BCUT2D eigenvalue weighted by Gasteiger charge is 2.23. The number of benzene rings is 6. The number of aromatic nitrogens is 3. The molecule has 4 nitrogen and oxygen atoms in total. The van der Waals surface area contributed by atoms with Gasteiger partial charge in [0.1, 0.15) is 5.82 Å². The van der Waals surface area contributed by atoms with Gasteiger partial charge >= 0.3 is 0 Å². The Bertz CT molecular complexity index is 2900. The molecule has 4 aromatic heterocycles. The van der Waals surface area contributed by atoms with Crippen LogP contribution in [0.5, 0.6) is 0 Å². The number of para-hydroxylation sites is 2. The van der Waals surface area contributed by atoms with Gasteiger partial charge in [-0.05, 0) is 53.2 Å². The van der Waals surface area contributed by atoms with Crippen LogP contribution in [0.1, 0.15) is 0 Å². The van der Waals surface area contributed by atoms with Crippen molar-refractivity contribution in [3.05, 3.63) is 150 Å². The summed E-state index contributed by atoms with van der Waals surface area (Å²) >= 11 is 1.84. The maximum atomic E-state index is 13.9. The molecule has 0 amide bonds. The van der Waals surface area contributed by atoms with Crippen molar-refractivity contribution in [2.24, 2.45) is 0 Å². The maximum absolute atomic E-state index is 13.9. The van der Waals surface area contributed by atoms with Gasteiger partial charge in [-0.2, -0.15) is 0 Å². The van der Waals surface area contributed by atoms with Crippen LogP contribution < -0.4 is 5.56 Å². The summed E-state index contributed by atoms with van der Waals surface area (Å²) in [5, 5.41) is 9.00. The first-order valence-corrected chi connectivity index (χ1v) is 15.8. The zero-order valence-corrected chi connectivity index (χ0v) is 24.8. The molecule has 0 bridgehead atoms. The van der Waals surface area contributed by atoms with Gasteiger partial charge in [0.05, 0.1) is 26.8 Å². The number of fused-ring (bicyclic) bond motifs is 13. The fourth-order valence-corrected chi connectivity index (χ4v) is 8.51. The molecule has 0 spiro atoms.